The van der Waals surface area contributed by atoms with E-state index in [0.717, 1.165) is 63.3 Å². The van der Waals surface area contributed by atoms with Gasteiger partial charge < -0.3 is 9.80 Å². The monoisotopic (exact) mass is 375 g/mol. The summed E-state index contributed by atoms with van der Waals surface area (Å²) in [5.41, 5.74) is 1.24. The molecule has 3 rings (SSSR count). The fourth-order valence-corrected chi connectivity index (χ4v) is 4.45. The van der Waals surface area contributed by atoms with Gasteiger partial charge in [0.15, 0.2) is 0 Å². The van der Waals surface area contributed by atoms with Crippen LogP contribution in [0.3, 0.4) is 0 Å². The first-order chi connectivity index (χ1) is 12.7. The van der Waals surface area contributed by atoms with Gasteiger partial charge in [0.1, 0.15) is 5.70 Å². The molecule has 1 saturated heterocycles. The predicted octanol–water partition coefficient (Wildman–Crippen LogP) is 3.05. The Kier molecular flexibility index (Phi) is 6.48. The molecule has 1 fully saturated rings. The summed E-state index contributed by atoms with van der Waals surface area (Å²) >= 11 is 1.54. The molecule has 2 amide bonds. The number of carbonyl (C=O) groups is 2. The molecule has 0 saturated carbocycles. The highest BCUT2D eigenvalue weighted by Gasteiger charge is 2.42. The lowest BCUT2D eigenvalue weighted by Gasteiger charge is -2.35. The lowest BCUT2D eigenvalue weighted by molar-refractivity contribution is -0.137. The number of unbranched alkanes of at least 4 members (excludes halogenated alkanes) is 3. The van der Waals surface area contributed by atoms with Crippen molar-refractivity contribution in [3.8, 4) is 0 Å². The number of nitrogens with zero attached hydrogens (tertiary/aromatic N) is 3. The lowest BCUT2D eigenvalue weighted by atomic mass is 10.1. The van der Waals surface area contributed by atoms with Gasteiger partial charge in [-0.25, -0.2) is 0 Å². The zero-order valence-corrected chi connectivity index (χ0v) is 16.7. The zero-order chi connectivity index (χ0) is 18.5. The van der Waals surface area contributed by atoms with Crippen LogP contribution in [0, 0.1) is 0 Å². The molecule has 0 aromatic carbocycles. The predicted molar refractivity (Wildman–Crippen MR) is 106 cm³/mol. The number of piperazine rings is 1. The molecular formula is C20H29N3O2S. The first kappa shape index (κ1) is 19.1. The highest BCUT2D eigenvalue weighted by atomic mass is 32.1. The van der Waals surface area contributed by atoms with Crippen molar-refractivity contribution in [3.63, 3.8) is 0 Å². The fraction of sp³-hybridized carbons (Fsp3) is 0.600. The van der Waals surface area contributed by atoms with Crippen molar-refractivity contribution in [1.29, 1.82) is 0 Å². The van der Waals surface area contributed by atoms with Crippen molar-refractivity contribution in [2.24, 2.45) is 0 Å². The van der Waals surface area contributed by atoms with Crippen molar-refractivity contribution in [2.75, 3.05) is 39.3 Å². The molecule has 1 aromatic heterocycles. The SMILES string of the molecule is CCCCCCN1C(=O)C(c2cccs2)=C(N2CCN(CC)CC2)C1=O. The first-order valence-corrected chi connectivity index (χ1v) is 10.7. The van der Waals surface area contributed by atoms with E-state index in [0.29, 0.717) is 17.8 Å². The van der Waals surface area contributed by atoms with Crippen LogP contribution in [0.15, 0.2) is 23.2 Å². The second kappa shape index (κ2) is 8.82. The van der Waals surface area contributed by atoms with Crippen LogP contribution < -0.4 is 0 Å². The lowest BCUT2D eigenvalue weighted by Crippen LogP contribution is -2.47. The quantitative estimate of drug-likeness (QED) is 0.517. The molecule has 1 aromatic rings. The Labute approximate surface area is 160 Å². The van der Waals surface area contributed by atoms with Crippen LogP contribution in [-0.2, 0) is 9.59 Å². The Morgan fingerprint density at radius 1 is 1.00 bits per heavy atom. The Hall–Kier alpha value is -1.66. The fourth-order valence-electron chi connectivity index (χ4n) is 3.69. The van der Waals surface area contributed by atoms with Crippen molar-refractivity contribution in [1.82, 2.24) is 14.7 Å². The Balaban J connectivity index is 1.82. The Bertz CT molecular complexity index is 661. The van der Waals surface area contributed by atoms with Crippen molar-refractivity contribution in [2.45, 2.75) is 39.5 Å². The second-order valence-corrected chi connectivity index (χ2v) is 7.89. The van der Waals surface area contributed by atoms with Gasteiger partial charge >= 0.3 is 0 Å². The number of imide groups is 1. The van der Waals surface area contributed by atoms with Gasteiger partial charge in [0.05, 0.1) is 5.57 Å². The maximum absolute atomic E-state index is 13.1. The minimum Gasteiger partial charge on any atom is -0.364 e. The summed E-state index contributed by atoms with van der Waals surface area (Å²) in [7, 11) is 0. The first-order valence-electron chi connectivity index (χ1n) is 9.79. The maximum Gasteiger partial charge on any atom is 0.277 e. The highest BCUT2D eigenvalue weighted by molar-refractivity contribution is 7.11. The summed E-state index contributed by atoms with van der Waals surface area (Å²) in [5.74, 6) is -0.207. The zero-order valence-electron chi connectivity index (χ0n) is 15.9. The number of thiophene rings is 1. The van der Waals surface area contributed by atoms with Crippen LogP contribution in [0.1, 0.15) is 44.4 Å². The van der Waals surface area contributed by atoms with Crippen LogP contribution in [0.2, 0.25) is 0 Å². The summed E-state index contributed by atoms with van der Waals surface area (Å²) in [6, 6.07) is 3.90. The minimum absolute atomic E-state index is 0.0974. The summed E-state index contributed by atoms with van der Waals surface area (Å²) in [6.07, 6.45) is 4.24. The van der Waals surface area contributed by atoms with E-state index < -0.39 is 0 Å². The van der Waals surface area contributed by atoms with Gasteiger partial charge in [-0.05, 0) is 24.4 Å². The molecule has 0 bridgehead atoms. The summed E-state index contributed by atoms with van der Waals surface area (Å²) < 4.78 is 0. The molecule has 26 heavy (non-hydrogen) atoms. The van der Waals surface area contributed by atoms with E-state index in [-0.39, 0.29) is 11.8 Å². The number of hydrogen-bond donors (Lipinski definition) is 0. The van der Waals surface area contributed by atoms with E-state index in [9.17, 15) is 9.59 Å². The molecule has 0 radical (unpaired) electrons. The minimum atomic E-state index is -0.109. The third-order valence-corrected chi connectivity index (χ3v) is 6.17. The second-order valence-electron chi connectivity index (χ2n) is 6.94. The average Bonchev–Trinajstić information content (AvgIpc) is 3.26. The average molecular weight is 376 g/mol. The molecule has 6 heteroatoms. The van der Waals surface area contributed by atoms with Crippen LogP contribution in [0.4, 0.5) is 0 Å². The summed E-state index contributed by atoms with van der Waals surface area (Å²) in [4.78, 5) is 33.1. The summed E-state index contributed by atoms with van der Waals surface area (Å²) in [5, 5.41) is 1.97. The van der Waals surface area contributed by atoms with Crippen molar-refractivity contribution < 1.29 is 9.59 Å². The van der Waals surface area contributed by atoms with Gasteiger partial charge in [0.25, 0.3) is 11.8 Å². The smallest absolute Gasteiger partial charge is 0.277 e. The molecule has 0 N–H and O–H groups in total. The summed E-state index contributed by atoms with van der Waals surface area (Å²) in [6.45, 7) is 9.38. The number of amides is 2. The Morgan fingerprint density at radius 3 is 2.38 bits per heavy atom. The molecule has 0 spiro atoms. The van der Waals surface area contributed by atoms with E-state index in [1.54, 1.807) is 0 Å². The maximum atomic E-state index is 13.1. The van der Waals surface area contributed by atoms with E-state index in [1.165, 1.54) is 16.2 Å². The third-order valence-electron chi connectivity index (χ3n) is 5.28. The molecular weight excluding hydrogens is 346 g/mol. The molecule has 0 atom stereocenters. The molecule has 142 valence electrons. The van der Waals surface area contributed by atoms with Gasteiger partial charge in [-0.1, -0.05) is 39.2 Å². The van der Waals surface area contributed by atoms with Crippen LogP contribution >= 0.6 is 11.3 Å². The molecule has 0 unspecified atom stereocenters. The highest BCUT2D eigenvalue weighted by Crippen LogP contribution is 2.34. The largest absolute Gasteiger partial charge is 0.364 e. The molecule has 2 aliphatic rings. The van der Waals surface area contributed by atoms with Crippen LogP contribution in [0.5, 0.6) is 0 Å². The van der Waals surface area contributed by atoms with E-state index in [1.807, 2.05) is 17.5 Å². The van der Waals surface area contributed by atoms with Gasteiger partial charge in [-0.3, -0.25) is 14.5 Å². The van der Waals surface area contributed by atoms with Gasteiger partial charge in [0, 0.05) is 37.6 Å². The van der Waals surface area contributed by atoms with E-state index in [2.05, 4.69) is 23.6 Å². The van der Waals surface area contributed by atoms with E-state index >= 15 is 0 Å². The topological polar surface area (TPSA) is 43.9 Å². The number of hydrogen-bond acceptors (Lipinski definition) is 5. The standard InChI is InChI=1S/C20H29N3O2S/c1-3-5-6-7-10-23-19(24)17(16-9-8-15-26-16)18(20(23)25)22-13-11-21(4-2)12-14-22/h8-9,15H,3-7,10-14H2,1-2H3. The van der Waals surface area contributed by atoms with E-state index in [4.69, 9.17) is 0 Å². The molecule has 2 aliphatic heterocycles. The molecule has 5 nitrogen and oxygen atoms in total. The normalized spacial score (nSPS) is 19.2. The van der Waals surface area contributed by atoms with Gasteiger partial charge in [-0.2, -0.15) is 0 Å². The van der Waals surface area contributed by atoms with Crippen LogP contribution in [-0.4, -0.2) is 65.8 Å². The van der Waals surface area contributed by atoms with Gasteiger partial charge in [-0.15, -0.1) is 11.3 Å². The van der Waals surface area contributed by atoms with Gasteiger partial charge in [0.2, 0.25) is 0 Å². The van der Waals surface area contributed by atoms with Crippen LogP contribution in [0.25, 0.3) is 5.57 Å². The third kappa shape index (κ3) is 3.86. The number of rotatable bonds is 8. The Morgan fingerprint density at radius 2 is 1.77 bits per heavy atom. The number of likely N-dealkylation sites (N-methyl/N-ethyl adjacent to an activating group) is 1. The molecule has 0 aliphatic carbocycles. The molecule has 3 heterocycles. The van der Waals surface area contributed by atoms with Crippen molar-refractivity contribution in [3.05, 3.63) is 28.1 Å². The number of carbonyl (C=O) groups excluding carboxylic acids is 2. The van der Waals surface area contributed by atoms with Crippen molar-refractivity contribution >= 4 is 28.7 Å².